The Labute approximate surface area is 144 Å². The van der Waals surface area contributed by atoms with Crippen molar-refractivity contribution in [3.63, 3.8) is 0 Å². The van der Waals surface area contributed by atoms with Gasteiger partial charge in [-0.05, 0) is 30.8 Å². The van der Waals surface area contributed by atoms with Crippen LogP contribution in [0.3, 0.4) is 0 Å². The summed E-state index contributed by atoms with van der Waals surface area (Å²) in [4.78, 5) is 8.27. The van der Waals surface area contributed by atoms with Crippen molar-refractivity contribution >= 4 is 17.3 Å². The first-order valence-electron chi connectivity index (χ1n) is 8.45. The second-order valence-corrected chi connectivity index (χ2v) is 7.05. The second kappa shape index (κ2) is 9.90. The summed E-state index contributed by atoms with van der Waals surface area (Å²) in [7, 11) is 3.60. The van der Waals surface area contributed by atoms with Crippen LogP contribution in [-0.2, 0) is 4.74 Å². The minimum absolute atomic E-state index is 0.498. The van der Waals surface area contributed by atoms with Gasteiger partial charge in [-0.1, -0.05) is 13.0 Å². The number of aliphatic imine (C=N–C) groups is 1. The van der Waals surface area contributed by atoms with Crippen LogP contribution in [0.2, 0.25) is 0 Å². The molecule has 2 atom stereocenters. The monoisotopic (exact) mass is 338 g/mol. The molecule has 1 aliphatic heterocycles. The van der Waals surface area contributed by atoms with Gasteiger partial charge < -0.3 is 15.4 Å². The molecule has 1 aromatic heterocycles. The van der Waals surface area contributed by atoms with Gasteiger partial charge in [0, 0.05) is 50.6 Å². The number of guanidine groups is 1. The van der Waals surface area contributed by atoms with Gasteiger partial charge >= 0.3 is 0 Å². The van der Waals surface area contributed by atoms with Crippen LogP contribution in [0, 0.1) is 0 Å². The highest BCUT2D eigenvalue weighted by Crippen LogP contribution is 2.19. The van der Waals surface area contributed by atoms with Crippen LogP contribution in [0.25, 0.3) is 0 Å². The van der Waals surface area contributed by atoms with E-state index in [1.54, 1.807) is 7.11 Å². The zero-order valence-electron chi connectivity index (χ0n) is 14.5. The van der Waals surface area contributed by atoms with Gasteiger partial charge in [-0.15, -0.1) is 11.3 Å². The van der Waals surface area contributed by atoms with Crippen LogP contribution < -0.4 is 10.6 Å². The molecule has 1 saturated heterocycles. The van der Waals surface area contributed by atoms with Gasteiger partial charge in [0.1, 0.15) is 0 Å². The van der Waals surface area contributed by atoms with Crippen LogP contribution in [0.1, 0.15) is 30.6 Å². The quantitative estimate of drug-likeness (QED) is 0.563. The molecule has 0 radical (unpaired) electrons. The predicted octanol–water partition coefficient (Wildman–Crippen LogP) is 2.13. The van der Waals surface area contributed by atoms with Crippen LogP contribution in [0.15, 0.2) is 22.5 Å². The zero-order chi connectivity index (χ0) is 16.5. The van der Waals surface area contributed by atoms with Gasteiger partial charge in [0.2, 0.25) is 0 Å². The Morgan fingerprint density at radius 1 is 1.52 bits per heavy atom. The molecule has 1 aliphatic rings. The summed E-state index contributed by atoms with van der Waals surface area (Å²) in [5.41, 5.74) is 0. The molecule has 23 heavy (non-hydrogen) atoms. The van der Waals surface area contributed by atoms with Gasteiger partial charge in [0.05, 0.1) is 6.61 Å². The number of hydrogen-bond donors (Lipinski definition) is 2. The molecular weight excluding hydrogens is 308 g/mol. The number of nitrogens with zero attached hydrogens (tertiary/aromatic N) is 2. The average molecular weight is 339 g/mol. The Kier molecular flexibility index (Phi) is 7.85. The Morgan fingerprint density at radius 3 is 3.09 bits per heavy atom. The Morgan fingerprint density at radius 2 is 2.39 bits per heavy atom. The normalized spacial score (nSPS) is 20.7. The maximum atomic E-state index is 5.20. The van der Waals surface area contributed by atoms with E-state index in [1.807, 2.05) is 18.4 Å². The largest absolute Gasteiger partial charge is 0.383 e. The molecule has 1 fully saturated rings. The standard InChI is InChI=1S/C17H30N4OS/c1-14(16-7-5-11-23-16)12-19-17(18-2)20-13-15-6-4-8-21(15)9-10-22-3/h5,7,11,14-15H,4,6,8-10,12-13H2,1-3H3,(H2,18,19,20). The van der Waals surface area contributed by atoms with Crippen molar-refractivity contribution < 1.29 is 4.74 Å². The highest BCUT2D eigenvalue weighted by atomic mass is 32.1. The van der Waals surface area contributed by atoms with E-state index >= 15 is 0 Å². The average Bonchev–Trinajstić information content (AvgIpc) is 3.24. The summed E-state index contributed by atoms with van der Waals surface area (Å²) in [6.07, 6.45) is 2.52. The first kappa shape index (κ1) is 18.2. The summed E-state index contributed by atoms with van der Waals surface area (Å²) in [6, 6.07) is 4.89. The number of likely N-dealkylation sites (tertiary alicyclic amines) is 1. The smallest absolute Gasteiger partial charge is 0.191 e. The minimum Gasteiger partial charge on any atom is -0.383 e. The molecule has 2 N–H and O–H groups in total. The summed E-state index contributed by atoms with van der Waals surface area (Å²) in [5, 5.41) is 9.05. The SMILES string of the molecule is CN=C(NCC(C)c1cccs1)NCC1CCCN1CCOC. The summed E-state index contributed by atoms with van der Waals surface area (Å²) < 4.78 is 5.20. The van der Waals surface area contributed by atoms with E-state index in [9.17, 15) is 0 Å². The van der Waals surface area contributed by atoms with Crippen molar-refractivity contribution in [2.45, 2.75) is 31.7 Å². The fourth-order valence-corrected chi connectivity index (χ4v) is 3.77. The highest BCUT2D eigenvalue weighted by molar-refractivity contribution is 7.10. The number of rotatable bonds is 8. The molecule has 0 bridgehead atoms. The van der Waals surface area contributed by atoms with Crippen molar-refractivity contribution in [3.8, 4) is 0 Å². The summed E-state index contributed by atoms with van der Waals surface area (Å²) in [6.45, 7) is 7.09. The van der Waals surface area contributed by atoms with E-state index in [0.717, 1.165) is 32.2 Å². The molecule has 0 amide bonds. The van der Waals surface area contributed by atoms with Crippen molar-refractivity contribution in [2.24, 2.45) is 4.99 Å². The van der Waals surface area contributed by atoms with E-state index < -0.39 is 0 Å². The number of nitrogens with one attached hydrogen (secondary N) is 2. The Bertz CT molecular complexity index is 463. The topological polar surface area (TPSA) is 48.9 Å². The third-order valence-electron chi connectivity index (χ3n) is 4.42. The van der Waals surface area contributed by atoms with E-state index in [-0.39, 0.29) is 0 Å². The molecule has 0 aromatic carbocycles. The first-order valence-corrected chi connectivity index (χ1v) is 9.33. The Balaban J connectivity index is 1.72. The second-order valence-electron chi connectivity index (χ2n) is 6.08. The lowest BCUT2D eigenvalue weighted by Gasteiger charge is -2.25. The predicted molar refractivity (Wildman–Crippen MR) is 98.6 cm³/mol. The molecule has 2 heterocycles. The van der Waals surface area contributed by atoms with Gasteiger partial charge in [-0.2, -0.15) is 0 Å². The fourth-order valence-electron chi connectivity index (χ4n) is 2.99. The van der Waals surface area contributed by atoms with Crippen LogP contribution in [0.5, 0.6) is 0 Å². The molecule has 2 unspecified atom stereocenters. The number of thiophene rings is 1. The van der Waals surface area contributed by atoms with Crippen molar-refractivity contribution in [1.29, 1.82) is 0 Å². The molecular formula is C17H30N4OS. The van der Waals surface area contributed by atoms with Crippen LogP contribution in [-0.4, -0.2) is 63.8 Å². The molecule has 1 aromatic rings. The number of ether oxygens (including phenoxy) is 1. The van der Waals surface area contributed by atoms with Gasteiger partial charge in [-0.3, -0.25) is 9.89 Å². The molecule has 0 spiro atoms. The third kappa shape index (κ3) is 5.79. The van der Waals surface area contributed by atoms with E-state index in [4.69, 9.17) is 4.74 Å². The molecule has 6 heteroatoms. The number of methoxy groups -OCH3 is 1. The molecule has 2 rings (SSSR count). The minimum atomic E-state index is 0.498. The Hall–Kier alpha value is -1.11. The maximum absolute atomic E-state index is 5.20. The number of hydrogen-bond acceptors (Lipinski definition) is 4. The zero-order valence-corrected chi connectivity index (χ0v) is 15.4. The van der Waals surface area contributed by atoms with Gasteiger partial charge in [0.15, 0.2) is 5.96 Å². The molecule has 130 valence electrons. The van der Waals surface area contributed by atoms with Gasteiger partial charge in [0.25, 0.3) is 0 Å². The molecule has 0 aliphatic carbocycles. The summed E-state index contributed by atoms with van der Waals surface area (Å²) >= 11 is 1.81. The highest BCUT2D eigenvalue weighted by Gasteiger charge is 2.24. The van der Waals surface area contributed by atoms with Crippen molar-refractivity contribution in [2.75, 3.05) is 46.9 Å². The summed E-state index contributed by atoms with van der Waals surface area (Å²) in [5.74, 6) is 1.39. The van der Waals surface area contributed by atoms with E-state index in [2.05, 4.69) is 45.0 Å². The van der Waals surface area contributed by atoms with Crippen LogP contribution in [0.4, 0.5) is 0 Å². The lowest BCUT2D eigenvalue weighted by Crippen LogP contribution is -2.46. The van der Waals surface area contributed by atoms with Crippen molar-refractivity contribution in [3.05, 3.63) is 22.4 Å². The molecule has 0 saturated carbocycles. The maximum Gasteiger partial charge on any atom is 0.191 e. The fraction of sp³-hybridized carbons (Fsp3) is 0.706. The lowest BCUT2D eigenvalue weighted by molar-refractivity contribution is 0.141. The van der Waals surface area contributed by atoms with Gasteiger partial charge in [-0.25, -0.2) is 0 Å². The first-order chi connectivity index (χ1) is 11.2. The van der Waals surface area contributed by atoms with E-state index in [0.29, 0.717) is 12.0 Å². The lowest BCUT2D eigenvalue weighted by atomic mass is 10.1. The van der Waals surface area contributed by atoms with Crippen molar-refractivity contribution in [1.82, 2.24) is 15.5 Å². The van der Waals surface area contributed by atoms with E-state index in [1.165, 1.54) is 24.3 Å². The third-order valence-corrected chi connectivity index (χ3v) is 5.52. The van der Waals surface area contributed by atoms with Crippen LogP contribution >= 0.6 is 11.3 Å². The molecule has 5 nitrogen and oxygen atoms in total.